The molecule has 5 nitrogen and oxygen atoms in total. The second-order valence-electron chi connectivity index (χ2n) is 6.33. The highest BCUT2D eigenvalue weighted by molar-refractivity contribution is 5.82. The minimum atomic E-state index is -4.60. The van der Waals surface area contributed by atoms with Crippen LogP contribution in [0, 0.1) is 5.92 Å². The first-order chi connectivity index (χ1) is 12.1. The molecule has 1 atom stereocenters. The van der Waals surface area contributed by atoms with Crippen molar-refractivity contribution in [2.75, 3.05) is 13.2 Å². The summed E-state index contributed by atoms with van der Waals surface area (Å²) < 4.78 is 39.8. The van der Waals surface area contributed by atoms with Gasteiger partial charge in [-0.3, -0.25) is 4.79 Å². The van der Waals surface area contributed by atoms with Crippen LogP contribution in [0.2, 0.25) is 0 Å². The molecule has 26 heavy (non-hydrogen) atoms. The van der Waals surface area contributed by atoms with Gasteiger partial charge in [-0.1, -0.05) is 51.5 Å². The van der Waals surface area contributed by atoms with Crippen molar-refractivity contribution in [1.82, 2.24) is 10.6 Å². The molecule has 0 radical (unpaired) electrons. The van der Waals surface area contributed by atoms with Crippen molar-refractivity contribution in [2.24, 2.45) is 5.92 Å². The standard InChI is InChI=1S/C18H25F3N2O3/c1-4-5-13-6-8-14(9-7-13)16(12(2)3)23-15(24)10-22-17(25)26-11-18(19,20)21/h6-9,12,16H,4-5,10-11H2,1-3H3,(H,22,25)(H,23,24). The van der Waals surface area contributed by atoms with E-state index >= 15 is 0 Å². The summed E-state index contributed by atoms with van der Waals surface area (Å²) in [5.41, 5.74) is 2.13. The highest BCUT2D eigenvalue weighted by atomic mass is 19.4. The van der Waals surface area contributed by atoms with Gasteiger partial charge in [0.2, 0.25) is 5.91 Å². The molecule has 0 aliphatic heterocycles. The minimum absolute atomic E-state index is 0.0909. The first-order valence-electron chi connectivity index (χ1n) is 8.48. The van der Waals surface area contributed by atoms with Crippen LogP contribution < -0.4 is 10.6 Å². The van der Waals surface area contributed by atoms with E-state index in [0.29, 0.717) is 0 Å². The largest absolute Gasteiger partial charge is 0.440 e. The van der Waals surface area contributed by atoms with E-state index in [9.17, 15) is 22.8 Å². The third kappa shape index (κ3) is 8.22. The Hall–Kier alpha value is -2.25. The minimum Gasteiger partial charge on any atom is -0.440 e. The van der Waals surface area contributed by atoms with E-state index in [1.165, 1.54) is 5.56 Å². The van der Waals surface area contributed by atoms with Gasteiger partial charge >= 0.3 is 12.3 Å². The lowest BCUT2D eigenvalue weighted by atomic mass is 9.94. The molecule has 1 unspecified atom stereocenters. The zero-order chi connectivity index (χ0) is 19.7. The van der Waals surface area contributed by atoms with E-state index in [2.05, 4.69) is 17.0 Å². The topological polar surface area (TPSA) is 67.4 Å². The summed E-state index contributed by atoms with van der Waals surface area (Å²) in [5, 5.41) is 4.78. The third-order valence-corrected chi connectivity index (χ3v) is 3.62. The summed E-state index contributed by atoms with van der Waals surface area (Å²) in [7, 11) is 0. The van der Waals surface area contributed by atoms with E-state index in [1.54, 1.807) is 0 Å². The number of nitrogens with one attached hydrogen (secondary N) is 2. The zero-order valence-corrected chi connectivity index (χ0v) is 15.2. The number of hydrogen-bond acceptors (Lipinski definition) is 3. The van der Waals surface area contributed by atoms with Crippen molar-refractivity contribution in [3.05, 3.63) is 35.4 Å². The van der Waals surface area contributed by atoms with Gasteiger partial charge in [0.15, 0.2) is 6.61 Å². The average Bonchev–Trinajstić information content (AvgIpc) is 2.56. The molecule has 8 heteroatoms. The fourth-order valence-corrected chi connectivity index (χ4v) is 2.39. The Labute approximate surface area is 151 Å². The lowest BCUT2D eigenvalue weighted by Crippen LogP contribution is -2.40. The van der Waals surface area contributed by atoms with Gasteiger partial charge in [-0.2, -0.15) is 13.2 Å². The Morgan fingerprint density at radius 3 is 2.27 bits per heavy atom. The number of aryl methyl sites for hydroxylation is 1. The van der Waals surface area contributed by atoms with Crippen LogP contribution in [-0.4, -0.2) is 31.3 Å². The van der Waals surface area contributed by atoms with Crippen LogP contribution in [0.1, 0.15) is 44.4 Å². The smallest absolute Gasteiger partial charge is 0.422 e. The molecule has 0 spiro atoms. The Morgan fingerprint density at radius 2 is 1.77 bits per heavy atom. The average molecular weight is 374 g/mol. The third-order valence-electron chi connectivity index (χ3n) is 3.62. The molecule has 0 aromatic heterocycles. The maximum Gasteiger partial charge on any atom is 0.422 e. The van der Waals surface area contributed by atoms with E-state index in [0.717, 1.165) is 18.4 Å². The van der Waals surface area contributed by atoms with Gasteiger partial charge in [0.1, 0.15) is 6.54 Å². The van der Waals surface area contributed by atoms with E-state index in [-0.39, 0.29) is 12.0 Å². The lowest BCUT2D eigenvalue weighted by molar-refractivity contribution is -0.160. The monoisotopic (exact) mass is 374 g/mol. The van der Waals surface area contributed by atoms with E-state index in [4.69, 9.17) is 0 Å². The number of alkyl halides is 3. The lowest BCUT2D eigenvalue weighted by Gasteiger charge is -2.23. The summed E-state index contributed by atoms with van der Waals surface area (Å²) in [6, 6.07) is 7.63. The molecule has 2 N–H and O–H groups in total. The Morgan fingerprint density at radius 1 is 1.15 bits per heavy atom. The molecule has 146 valence electrons. The molecular weight excluding hydrogens is 349 g/mol. The van der Waals surface area contributed by atoms with Crippen LogP contribution in [0.3, 0.4) is 0 Å². The molecule has 1 aromatic carbocycles. The molecule has 0 aliphatic rings. The van der Waals surface area contributed by atoms with E-state index < -0.39 is 31.3 Å². The van der Waals surface area contributed by atoms with Crippen molar-refractivity contribution < 1.29 is 27.5 Å². The number of alkyl carbamates (subject to hydrolysis) is 1. The second kappa shape index (κ2) is 10.0. The van der Waals surface area contributed by atoms with Gasteiger partial charge in [0.25, 0.3) is 0 Å². The maximum atomic E-state index is 12.0. The molecular formula is C18H25F3N2O3. The fourth-order valence-electron chi connectivity index (χ4n) is 2.39. The van der Waals surface area contributed by atoms with Crippen LogP contribution in [0.5, 0.6) is 0 Å². The fraction of sp³-hybridized carbons (Fsp3) is 0.556. The van der Waals surface area contributed by atoms with Gasteiger partial charge in [-0.05, 0) is 23.5 Å². The number of carbonyl (C=O) groups is 2. The van der Waals surface area contributed by atoms with Gasteiger partial charge in [-0.25, -0.2) is 4.79 Å². The first-order valence-corrected chi connectivity index (χ1v) is 8.48. The molecule has 0 heterocycles. The van der Waals surface area contributed by atoms with Crippen molar-refractivity contribution in [1.29, 1.82) is 0 Å². The summed E-state index contributed by atoms with van der Waals surface area (Å²) in [6.45, 7) is 3.82. The number of hydrogen-bond donors (Lipinski definition) is 2. The second-order valence-corrected chi connectivity index (χ2v) is 6.33. The molecule has 1 rings (SSSR count). The maximum absolute atomic E-state index is 12.0. The number of rotatable bonds is 8. The number of benzene rings is 1. The van der Waals surface area contributed by atoms with Crippen molar-refractivity contribution in [2.45, 2.75) is 45.8 Å². The van der Waals surface area contributed by atoms with Crippen molar-refractivity contribution >= 4 is 12.0 Å². The summed E-state index contributed by atoms with van der Waals surface area (Å²) in [4.78, 5) is 23.2. The van der Waals surface area contributed by atoms with Crippen molar-refractivity contribution in [3.8, 4) is 0 Å². The summed E-state index contributed by atoms with van der Waals surface area (Å²) >= 11 is 0. The highest BCUT2D eigenvalue weighted by Gasteiger charge is 2.29. The highest BCUT2D eigenvalue weighted by Crippen LogP contribution is 2.22. The predicted octanol–water partition coefficient (Wildman–Crippen LogP) is 3.74. The summed E-state index contributed by atoms with van der Waals surface area (Å²) in [6.07, 6.45) is -3.88. The number of ether oxygens (including phenoxy) is 1. The van der Waals surface area contributed by atoms with E-state index in [1.807, 2.05) is 43.4 Å². The predicted molar refractivity (Wildman–Crippen MR) is 91.6 cm³/mol. The molecule has 1 aromatic rings. The molecule has 0 fully saturated rings. The van der Waals surface area contributed by atoms with Gasteiger partial charge in [-0.15, -0.1) is 0 Å². The van der Waals surface area contributed by atoms with Crippen LogP contribution in [0.15, 0.2) is 24.3 Å². The van der Waals surface area contributed by atoms with Gasteiger partial charge < -0.3 is 15.4 Å². The SMILES string of the molecule is CCCc1ccc(C(NC(=O)CNC(=O)OCC(F)(F)F)C(C)C)cc1. The molecule has 0 saturated heterocycles. The molecule has 0 aliphatic carbocycles. The van der Waals surface area contributed by atoms with Crippen LogP contribution in [0.4, 0.5) is 18.0 Å². The molecule has 0 saturated carbocycles. The van der Waals surface area contributed by atoms with Crippen molar-refractivity contribution in [3.63, 3.8) is 0 Å². The normalized spacial score (nSPS) is 12.6. The zero-order valence-electron chi connectivity index (χ0n) is 15.2. The van der Waals surface area contributed by atoms with Gasteiger partial charge in [0, 0.05) is 0 Å². The van der Waals surface area contributed by atoms with Crippen LogP contribution in [0.25, 0.3) is 0 Å². The van der Waals surface area contributed by atoms with Crippen LogP contribution in [-0.2, 0) is 16.0 Å². The Kier molecular flexibility index (Phi) is 8.41. The Balaban J connectivity index is 2.56. The molecule has 2 amide bonds. The number of amides is 2. The van der Waals surface area contributed by atoms with Crippen LogP contribution >= 0.6 is 0 Å². The number of halogens is 3. The van der Waals surface area contributed by atoms with Gasteiger partial charge in [0.05, 0.1) is 6.04 Å². The first kappa shape index (κ1) is 21.8. The summed E-state index contributed by atoms with van der Waals surface area (Å²) in [5.74, 6) is -0.418. The quantitative estimate of drug-likeness (QED) is 0.728. The molecule has 0 bridgehead atoms. The number of carbonyl (C=O) groups excluding carboxylic acids is 2. The Bertz CT molecular complexity index is 586.